The zero-order valence-electron chi connectivity index (χ0n) is 17.8. The summed E-state index contributed by atoms with van der Waals surface area (Å²) >= 11 is 0. The second-order valence-electron chi connectivity index (χ2n) is 6.65. The number of benzene rings is 2. The van der Waals surface area contributed by atoms with E-state index in [0.717, 1.165) is 0 Å². The maximum atomic E-state index is 12.8. The molecule has 0 fully saturated rings. The standard InChI is InChI=1S/C23H25NO6/c1-6-24(7-2)23(26)30-18-11-10-17-21(25)20(29-22(17)14(18)3)12-15-8-9-16(27-4)13-19(15)28-5/h8-13H,6-7H2,1-5H3/b20-12+. The lowest BCUT2D eigenvalue weighted by Gasteiger charge is -2.19. The highest BCUT2D eigenvalue weighted by molar-refractivity contribution is 6.15. The van der Waals surface area contributed by atoms with Crippen molar-refractivity contribution in [3.05, 3.63) is 52.8 Å². The summed E-state index contributed by atoms with van der Waals surface area (Å²) in [6, 6.07) is 8.52. The summed E-state index contributed by atoms with van der Waals surface area (Å²) < 4.78 is 22.0. The summed E-state index contributed by atoms with van der Waals surface area (Å²) in [6.07, 6.45) is 1.19. The molecule has 1 aliphatic heterocycles. The van der Waals surface area contributed by atoms with Crippen LogP contribution in [0.4, 0.5) is 4.79 Å². The molecule has 1 aliphatic rings. The number of allylic oxidation sites excluding steroid dienone is 1. The second kappa shape index (κ2) is 8.90. The van der Waals surface area contributed by atoms with Gasteiger partial charge in [0.05, 0.1) is 19.8 Å². The number of fused-ring (bicyclic) bond motifs is 1. The van der Waals surface area contributed by atoms with Crippen molar-refractivity contribution >= 4 is 18.0 Å². The third-order valence-electron chi connectivity index (χ3n) is 4.98. The molecular formula is C23H25NO6. The second-order valence-corrected chi connectivity index (χ2v) is 6.65. The maximum Gasteiger partial charge on any atom is 0.415 e. The zero-order chi connectivity index (χ0) is 21.8. The molecule has 1 amide bonds. The third kappa shape index (κ3) is 3.96. The number of rotatable bonds is 6. The molecule has 0 spiro atoms. The molecule has 158 valence electrons. The first-order valence-electron chi connectivity index (χ1n) is 9.70. The van der Waals surface area contributed by atoms with Gasteiger partial charge in [-0.15, -0.1) is 0 Å². The molecule has 3 rings (SSSR count). The minimum atomic E-state index is -0.439. The van der Waals surface area contributed by atoms with E-state index in [-0.39, 0.29) is 11.5 Å². The van der Waals surface area contributed by atoms with Crippen LogP contribution >= 0.6 is 0 Å². The van der Waals surface area contributed by atoms with Crippen LogP contribution in [0.3, 0.4) is 0 Å². The van der Waals surface area contributed by atoms with Crippen LogP contribution < -0.4 is 18.9 Å². The predicted octanol–water partition coefficient (Wildman–Crippen LogP) is 4.47. The Morgan fingerprint density at radius 3 is 2.43 bits per heavy atom. The molecule has 0 bridgehead atoms. The van der Waals surface area contributed by atoms with Gasteiger partial charge in [0.25, 0.3) is 0 Å². The summed E-state index contributed by atoms with van der Waals surface area (Å²) in [7, 11) is 3.12. The number of hydrogen-bond donors (Lipinski definition) is 0. The van der Waals surface area contributed by atoms with Crippen molar-refractivity contribution in [2.45, 2.75) is 20.8 Å². The van der Waals surface area contributed by atoms with Gasteiger partial charge in [-0.1, -0.05) is 0 Å². The Labute approximate surface area is 175 Å². The van der Waals surface area contributed by atoms with E-state index in [2.05, 4.69) is 0 Å². The zero-order valence-corrected chi connectivity index (χ0v) is 17.8. The monoisotopic (exact) mass is 411 g/mol. The van der Waals surface area contributed by atoms with E-state index >= 15 is 0 Å². The SMILES string of the molecule is CCN(CC)C(=O)Oc1ccc2c(c1C)O/C(=C/c1ccc(OC)cc1OC)C2=O. The van der Waals surface area contributed by atoms with Gasteiger partial charge in [-0.3, -0.25) is 4.79 Å². The first kappa shape index (κ1) is 21.2. The lowest BCUT2D eigenvalue weighted by molar-refractivity contribution is 0.101. The average Bonchev–Trinajstić information content (AvgIpc) is 3.07. The number of hydrogen-bond acceptors (Lipinski definition) is 6. The first-order chi connectivity index (χ1) is 14.4. The summed E-state index contributed by atoms with van der Waals surface area (Å²) in [5.41, 5.74) is 1.70. The fraction of sp³-hybridized carbons (Fsp3) is 0.304. The van der Waals surface area contributed by atoms with E-state index in [1.54, 1.807) is 62.5 Å². The molecule has 0 aromatic heterocycles. The molecule has 7 heteroatoms. The average molecular weight is 411 g/mol. The fourth-order valence-corrected chi connectivity index (χ4v) is 3.20. The van der Waals surface area contributed by atoms with Crippen molar-refractivity contribution < 1.29 is 28.5 Å². The van der Waals surface area contributed by atoms with Gasteiger partial charge in [-0.05, 0) is 51.1 Å². The van der Waals surface area contributed by atoms with Gasteiger partial charge in [-0.2, -0.15) is 0 Å². The van der Waals surface area contributed by atoms with Crippen LogP contribution in [0, 0.1) is 6.92 Å². The summed E-state index contributed by atoms with van der Waals surface area (Å²) in [4.78, 5) is 26.7. The largest absolute Gasteiger partial charge is 0.497 e. The highest BCUT2D eigenvalue weighted by Crippen LogP contribution is 2.40. The van der Waals surface area contributed by atoms with Crippen LogP contribution in [0.15, 0.2) is 36.1 Å². The molecule has 0 aliphatic carbocycles. The molecule has 0 radical (unpaired) electrons. The van der Waals surface area contributed by atoms with Gasteiger partial charge in [0.1, 0.15) is 23.0 Å². The molecule has 0 unspecified atom stereocenters. The van der Waals surface area contributed by atoms with Crippen molar-refractivity contribution in [2.75, 3.05) is 27.3 Å². The molecule has 2 aromatic rings. The van der Waals surface area contributed by atoms with Crippen molar-refractivity contribution in [3.63, 3.8) is 0 Å². The van der Waals surface area contributed by atoms with Crippen molar-refractivity contribution in [1.82, 2.24) is 4.90 Å². The Bertz CT molecular complexity index is 1010. The highest BCUT2D eigenvalue weighted by Gasteiger charge is 2.31. The lowest BCUT2D eigenvalue weighted by atomic mass is 10.1. The number of ketones is 1. The minimum Gasteiger partial charge on any atom is -0.497 e. The molecule has 0 atom stereocenters. The van der Waals surface area contributed by atoms with Crippen molar-refractivity contribution in [2.24, 2.45) is 0 Å². The van der Waals surface area contributed by atoms with E-state index < -0.39 is 6.09 Å². The van der Waals surface area contributed by atoms with Gasteiger partial charge in [0, 0.05) is 30.3 Å². The van der Waals surface area contributed by atoms with E-state index in [4.69, 9.17) is 18.9 Å². The normalized spacial score (nSPS) is 13.6. The van der Waals surface area contributed by atoms with Crippen LogP contribution in [-0.4, -0.2) is 44.1 Å². The number of methoxy groups -OCH3 is 2. The molecule has 1 heterocycles. The molecule has 30 heavy (non-hydrogen) atoms. The summed E-state index contributed by atoms with van der Waals surface area (Å²) in [5, 5.41) is 0. The van der Waals surface area contributed by atoms with E-state index in [9.17, 15) is 9.59 Å². The maximum absolute atomic E-state index is 12.8. The van der Waals surface area contributed by atoms with Gasteiger partial charge in [0.15, 0.2) is 5.76 Å². The molecule has 0 saturated heterocycles. The number of amides is 1. The Balaban J connectivity index is 1.91. The third-order valence-corrected chi connectivity index (χ3v) is 4.98. The quantitative estimate of drug-likeness (QED) is 0.653. The lowest BCUT2D eigenvalue weighted by Crippen LogP contribution is -2.33. The molecule has 0 saturated carbocycles. The van der Waals surface area contributed by atoms with E-state index in [0.29, 0.717) is 52.8 Å². The Hall–Kier alpha value is -3.48. The highest BCUT2D eigenvalue weighted by atomic mass is 16.6. The van der Waals surface area contributed by atoms with Crippen LogP contribution in [0.2, 0.25) is 0 Å². The topological polar surface area (TPSA) is 74.3 Å². The number of carbonyl (C=O) groups excluding carboxylic acids is 2. The first-order valence-corrected chi connectivity index (χ1v) is 9.70. The van der Waals surface area contributed by atoms with Gasteiger partial charge >= 0.3 is 6.09 Å². The predicted molar refractivity (Wildman–Crippen MR) is 113 cm³/mol. The Morgan fingerprint density at radius 1 is 1.07 bits per heavy atom. The van der Waals surface area contributed by atoms with E-state index in [1.165, 1.54) is 0 Å². The number of Topliss-reactive ketones (excluding diaryl/α,β-unsaturated/α-hetero) is 1. The van der Waals surface area contributed by atoms with Gasteiger partial charge in [-0.25, -0.2) is 4.79 Å². The van der Waals surface area contributed by atoms with Crippen LogP contribution in [-0.2, 0) is 0 Å². The van der Waals surface area contributed by atoms with Crippen LogP contribution in [0.25, 0.3) is 6.08 Å². The number of ether oxygens (including phenoxy) is 4. The van der Waals surface area contributed by atoms with E-state index in [1.807, 2.05) is 13.8 Å². The van der Waals surface area contributed by atoms with Gasteiger partial charge in [0.2, 0.25) is 5.78 Å². The molecule has 2 aromatic carbocycles. The molecule has 7 nitrogen and oxygen atoms in total. The molecule has 0 N–H and O–H groups in total. The smallest absolute Gasteiger partial charge is 0.415 e. The van der Waals surface area contributed by atoms with Crippen molar-refractivity contribution in [3.8, 4) is 23.0 Å². The summed E-state index contributed by atoms with van der Waals surface area (Å²) in [6.45, 7) is 6.61. The number of nitrogens with zero attached hydrogens (tertiary/aromatic N) is 1. The fourth-order valence-electron chi connectivity index (χ4n) is 3.20. The number of carbonyl (C=O) groups is 2. The van der Waals surface area contributed by atoms with Crippen molar-refractivity contribution in [1.29, 1.82) is 0 Å². The summed E-state index contributed by atoms with van der Waals surface area (Å²) in [5.74, 6) is 1.88. The Kier molecular flexibility index (Phi) is 6.30. The van der Waals surface area contributed by atoms with Crippen LogP contribution in [0.1, 0.15) is 35.3 Å². The molecular weight excluding hydrogens is 386 g/mol. The Morgan fingerprint density at radius 2 is 1.80 bits per heavy atom. The van der Waals surface area contributed by atoms with Gasteiger partial charge < -0.3 is 23.8 Å². The van der Waals surface area contributed by atoms with Crippen LogP contribution in [0.5, 0.6) is 23.0 Å². The minimum absolute atomic E-state index is 0.170.